The van der Waals surface area contributed by atoms with Crippen molar-refractivity contribution in [1.29, 1.82) is 0 Å². The summed E-state index contributed by atoms with van der Waals surface area (Å²) in [7, 11) is 1.42. The quantitative estimate of drug-likeness (QED) is 0.0496. The van der Waals surface area contributed by atoms with Crippen molar-refractivity contribution in [3.05, 3.63) is 39.3 Å². The third-order valence-corrected chi connectivity index (χ3v) is 13.6. The minimum atomic E-state index is -0.317. The van der Waals surface area contributed by atoms with Crippen molar-refractivity contribution in [2.24, 2.45) is 54.1 Å². The van der Waals surface area contributed by atoms with Gasteiger partial charge in [0.15, 0.2) is 0 Å². The van der Waals surface area contributed by atoms with Gasteiger partial charge in [-0.25, -0.2) is 0 Å². The molecule has 3 aliphatic rings. The first-order valence-corrected chi connectivity index (χ1v) is 31.6. The van der Waals surface area contributed by atoms with E-state index in [2.05, 4.69) is 42.3 Å². The molecule has 3 rings (SSSR count). The van der Waals surface area contributed by atoms with Crippen LogP contribution in [0.25, 0.3) is 0 Å². The molecule has 0 radical (unpaired) electrons. The molecule has 32 heteroatoms. The third kappa shape index (κ3) is 45.5. The Bertz CT molecular complexity index is 2010. The highest BCUT2D eigenvalue weighted by atomic mass is 16.3. The number of hydrogen-bond donors (Lipinski definition) is 0. The van der Waals surface area contributed by atoms with E-state index in [1.54, 1.807) is 34.6 Å². The second-order valence-electron chi connectivity index (χ2n) is 20.6. The molecule has 0 spiro atoms. The lowest BCUT2D eigenvalue weighted by Gasteiger charge is -2.26. The highest BCUT2D eigenvalue weighted by Crippen LogP contribution is 2.26. The number of rotatable bonds is 29. The molecule has 0 aromatic heterocycles. The van der Waals surface area contributed by atoms with Crippen molar-refractivity contribution in [2.75, 3.05) is 46.3 Å². The highest BCUT2D eigenvalue weighted by Gasteiger charge is 2.27. The zero-order valence-electron chi connectivity index (χ0n) is 55.8. The molecule has 0 bridgehead atoms. The molecule has 3 fully saturated rings. The van der Waals surface area contributed by atoms with Gasteiger partial charge in [-0.2, -0.15) is 40.1 Å². The van der Waals surface area contributed by atoms with E-state index in [1.165, 1.54) is 40.2 Å². The van der Waals surface area contributed by atoms with E-state index in [9.17, 15) is 77.6 Å². The van der Waals surface area contributed by atoms with Crippen LogP contribution in [0.3, 0.4) is 0 Å². The van der Waals surface area contributed by atoms with Gasteiger partial charge < -0.3 is 0 Å². The lowest BCUT2D eigenvalue weighted by molar-refractivity contribution is -0.137. The topological polar surface area (TPSA) is 398 Å². The largest absolute Gasteiger partial charge is 0.273 e. The standard InChI is InChI=1S/C9H16N2O2.2C8H14N2O2.2C8H16N2O2.C7H14N2O2.C5H10N2O2.C4H8N2O2/c1-2-11(10-13)9(12)8-6-4-3-5-7-8;1-10(9-12)8(11)7-5-3-2-4-6-7;1-7(11)10(9-12)8-5-3-2-4-6-8;1-3-5-6-8(11)10(9-12)7-4-2;1-3-5-7-10(9-12)8(11)6-4-2;1-3-5-6-9(8-11)7(10)4-2;1-3-5(8)7(4-2)6-9;1-3-6(5-8)4(2)7/h8H,2-7H2,1H3;7H,2-6H2,1H3;8H,2-6H2,1H3;2*3-7H2,1-2H3;3-6H2,1-2H3;3-4H2,1-2H3;3H2,1-2H3. The summed E-state index contributed by atoms with van der Waals surface area (Å²) in [4.78, 5) is 168. The number of nitrogens with zero attached hydrogens (tertiary/aromatic N) is 16. The van der Waals surface area contributed by atoms with E-state index in [0.29, 0.717) is 65.0 Å². The first-order chi connectivity index (χ1) is 42.5. The van der Waals surface area contributed by atoms with Gasteiger partial charge in [-0.1, -0.05) is 126 Å². The van der Waals surface area contributed by atoms with Crippen LogP contribution < -0.4 is 0 Å². The van der Waals surface area contributed by atoms with Crippen LogP contribution in [0.2, 0.25) is 0 Å². The van der Waals surface area contributed by atoms with E-state index in [1.807, 2.05) is 34.6 Å². The van der Waals surface area contributed by atoms with Crippen LogP contribution >= 0.6 is 0 Å². The Morgan fingerprint density at radius 2 is 0.697 bits per heavy atom. The molecule has 0 saturated heterocycles. The molecule has 32 nitrogen and oxygen atoms in total. The van der Waals surface area contributed by atoms with Gasteiger partial charge in [-0.15, -0.1) is 39.3 Å². The second kappa shape index (κ2) is 62.2. The van der Waals surface area contributed by atoms with Gasteiger partial charge in [-0.3, -0.25) is 38.4 Å². The van der Waals surface area contributed by atoms with Crippen molar-refractivity contribution in [3.63, 3.8) is 0 Å². The minimum absolute atomic E-state index is 0.0430. The lowest BCUT2D eigenvalue weighted by Crippen LogP contribution is -2.35. The zero-order chi connectivity index (χ0) is 69.0. The van der Waals surface area contributed by atoms with Gasteiger partial charge in [-0.05, 0) is 91.4 Å². The molecule has 0 atom stereocenters. The van der Waals surface area contributed by atoms with E-state index in [4.69, 9.17) is 0 Å². The molecule has 0 aliphatic heterocycles. The molecule has 3 saturated carbocycles. The second-order valence-corrected chi connectivity index (χ2v) is 20.6. The van der Waals surface area contributed by atoms with E-state index in [0.717, 1.165) is 168 Å². The first-order valence-electron chi connectivity index (χ1n) is 31.6. The fraction of sp³-hybridized carbons (Fsp3) is 0.860. The van der Waals surface area contributed by atoms with E-state index < -0.39 is 0 Å². The smallest absolute Gasteiger partial charge is 0.248 e. The first kappa shape index (κ1) is 90.3. The molecule has 0 aromatic carbocycles. The molecule has 0 unspecified atom stereocenters. The summed E-state index contributed by atoms with van der Waals surface area (Å²) in [5, 5.41) is 28.8. The average molecular weight is 1270 g/mol. The van der Waals surface area contributed by atoms with E-state index >= 15 is 0 Å². The monoisotopic (exact) mass is 1270 g/mol. The Labute approximate surface area is 526 Å². The Hall–Kier alpha value is -7.44. The maximum Gasteiger partial charge on any atom is 0.248 e. The zero-order valence-corrected chi connectivity index (χ0v) is 55.8. The minimum Gasteiger partial charge on any atom is -0.273 e. The van der Waals surface area contributed by atoms with Gasteiger partial charge in [0.05, 0.1) is 48.3 Å². The van der Waals surface area contributed by atoms with Crippen LogP contribution in [0.15, 0.2) is 42.3 Å². The molecule has 0 aromatic rings. The number of carbonyl (C=O) groups is 8. The summed E-state index contributed by atoms with van der Waals surface area (Å²) in [6.07, 6.45) is 24.2. The predicted octanol–water partition coefficient (Wildman–Crippen LogP) is 13.0. The highest BCUT2D eigenvalue weighted by molar-refractivity contribution is 5.79. The van der Waals surface area contributed by atoms with Gasteiger partial charge in [0.25, 0.3) is 0 Å². The van der Waals surface area contributed by atoms with Gasteiger partial charge >= 0.3 is 0 Å². The molecular weight excluding hydrogens is 1160 g/mol. The van der Waals surface area contributed by atoms with Crippen molar-refractivity contribution in [1.82, 2.24) is 40.1 Å². The number of nitroso groups, excluding NO2 is 8. The van der Waals surface area contributed by atoms with Crippen LogP contribution in [-0.4, -0.2) is 140 Å². The van der Waals surface area contributed by atoms with Crippen LogP contribution in [0, 0.1) is 51.1 Å². The molecule has 0 heterocycles. The average Bonchev–Trinajstić information content (AvgIpc) is 3.66. The molecule has 0 N–H and O–H groups in total. The molecule has 8 amide bonds. The summed E-state index contributed by atoms with van der Waals surface area (Å²) in [6.45, 7) is 23.5. The molecule has 3 aliphatic carbocycles. The fourth-order valence-corrected chi connectivity index (χ4v) is 8.42. The SMILES string of the molecule is CC(=O)N(N=O)C1CCCCC1.CCC(=O)N(CC)N=O.CCCCC(=O)N(CCC)N=O.CCCCN(N=O)C(=O)CC.CCCCN(N=O)C(=O)CCC.CCN(N=O)C(=O)C1CCCCC1.CCN(N=O)C(C)=O.CN(N=O)C(=O)C1CCCCC1. The number of amides is 8. The number of carbonyl (C=O) groups excluding carboxylic acids is 8. The van der Waals surface area contributed by atoms with Crippen LogP contribution in [-0.2, 0) is 38.4 Å². The Morgan fingerprint density at radius 3 is 0.989 bits per heavy atom. The predicted molar refractivity (Wildman–Crippen MR) is 340 cm³/mol. The number of hydrogen-bond acceptors (Lipinski definition) is 24. The van der Waals surface area contributed by atoms with Crippen molar-refractivity contribution in [2.45, 2.75) is 262 Å². The maximum absolute atomic E-state index is 11.6. The molecular formula is C57H108N16O16. The van der Waals surface area contributed by atoms with Crippen LogP contribution in [0.1, 0.15) is 256 Å². The summed E-state index contributed by atoms with van der Waals surface area (Å²) in [5.74, 6) is -1.43. The lowest BCUT2D eigenvalue weighted by atomic mass is 9.88. The molecule has 512 valence electrons. The summed E-state index contributed by atoms with van der Waals surface area (Å²) in [5.41, 5.74) is 0. The van der Waals surface area contributed by atoms with Crippen molar-refractivity contribution in [3.8, 4) is 0 Å². The summed E-state index contributed by atoms with van der Waals surface area (Å²) in [6, 6.07) is 0.0637. The van der Waals surface area contributed by atoms with Crippen molar-refractivity contribution >= 4 is 47.3 Å². The van der Waals surface area contributed by atoms with Crippen LogP contribution in [0.4, 0.5) is 0 Å². The molecule has 89 heavy (non-hydrogen) atoms. The summed E-state index contributed by atoms with van der Waals surface area (Å²) >= 11 is 0. The Kier molecular flexibility index (Phi) is 63.1. The van der Waals surface area contributed by atoms with Gasteiger partial charge in [0.2, 0.25) is 47.3 Å². The van der Waals surface area contributed by atoms with E-state index in [-0.39, 0.29) is 65.1 Å². The van der Waals surface area contributed by atoms with Crippen LogP contribution in [0.5, 0.6) is 0 Å². The third-order valence-electron chi connectivity index (χ3n) is 13.6. The Balaban J connectivity index is -0.000000303. The van der Waals surface area contributed by atoms with Gasteiger partial charge in [0, 0.05) is 97.7 Å². The summed E-state index contributed by atoms with van der Waals surface area (Å²) < 4.78 is 0. The number of unbranched alkanes of at least 4 members (excludes halogenated alkanes) is 3. The maximum atomic E-state index is 11.6. The fourth-order valence-electron chi connectivity index (χ4n) is 8.42. The van der Waals surface area contributed by atoms with Gasteiger partial charge in [0.1, 0.15) is 0 Å². The normalized spacial score (nSPS) is 13.0. The van der Waals surface area contributed by atoms with Crippen molar-refractivity contribution < 1.29 is 38.4 Å². The Morgan fingerprint density at radius 1 is 0.337 bits per heavy atom.